The molecule has 1 aliphatic heterocycles. The van der Waals surface area contributed by atoms with Crippen LogP contribution in [0.4, 0.5) is 4.79 Å². The summed E-state index contributed by atoms with van der Waals surface area (Å²) in [6.45, 7) is 2.12. The van der Waals surface area contributed by atoms with Crippen molar-refractivity contribution >= 4 is 29.4 Å². The molecular formula is C19H24ClN3O3. The molecule has 0 aromatic heterocycles. The highest BCUT2D eigenvalue weighted by Gasteiger charge is 2.55. The molecule has 1 heterocycles. The lowest BCUT2D eigenvalue weighted by Crippen LogP contribution is -2.54. The number of benzene rings is 1. The SMILES string of the molecule is C[C@@H]1CCCC[C@@]12NC(=O)N(CC(=O)N(C)Cc1cccc(Cl)c1)C2=O. The molecule has 2 fully saturated rings. The minimum Gasteiger partial charge on any atom is -0.340 e. The van der Waals surface area contributed by atoms with Crippen molar-refractivity contribution in [1.82, 2.24) is 15.1 Å². The summed E-state index contributed by atoms with van der Waals surface area (Å²) < 4.78 is 0. The summed E-state index contributed by atoms with van der Waals surface area (Å²) in [5.41, 5.74) is 0.0594. The molecule has 1 aromatic rings. The van der Waals surface area contributed by atoms with Gasteiger partial charge < -0.3 is 10.2 Å². The molecule has 3 rings (SSSR count). The molecule has 1 aromatic carbocycles. The van der Waals surface area contributed by atoms with E-state index in [2.05, 4.69) is 5.32 Å². The summed E-state index contributed by atoms with van der Waals surface area (Å²) >= 11 is 5.97. The number of rotatable bonds is 4. The smallest absolute Gasteiger partial charge is 0.325 e. The predicted molar refractivity (Wildman–Crippen MR) is 98.5 cm³/mol. The second kappa shape index (κ2) is 7.27. The van der Waals surface area contributed by atoms with Crippen LogP contribution in [0.1, 0.15) is 38.2 Å². The number of carbonyl (C=O) groups excluding carboxylic acids is 3. The third-order valence-electron chi connectivity index (χ3n) is 5.53. The van der Waals surface area contributed by atoms with Gasteiger partial charge in [0.25, 0.3) is 5.91 Å². The van der Waals surface area contributed by atoms with E-state index in [0.29, 0.717) is 18.0 Å². The first-order valence-corrected chi connectivity index (χ1v) is 9.34. The Morgan fingerprint density at radius 1 is 1.38 bits per heavy atom. The lowest BCUT2D eigenvalue weighted by Gasteiger charge is -2.36. The van der Waals surface area contributed by atoms with Crippen molar-refractivity contribution in [2.75, 3.05) is 13.6 Å². The van der Waals surface area contributed by atoms with Gasteiger partial charge in [0, 0.05) is 18.6 Å². The van der Waals surface area contributed by atoms with E-state index in [1.54, 1.807) is 19.2 Å². The summed E-state index contributed by atoms with van der Waals surface area (Å²) in [5.74, 6) is -0.467. The summed E-state index contributed by atoms with van der Waals surface area (Å²) in [5, 5.41) is 3.47. The maximum atomic E-state index is 12.9. The molecule has 1 saturated carbocycles. The Balaban J connectivity index is 1.67. The van der Waals surface area contributed by atoms with Crippen molar-refractivity contribution in [2.45, 2.75) is 44.7 Å². The molecular weight excluding hydrogens is 354 g/mol. The third-order valence-corrected chi connectivity index (χ3v) is 5.76. The lowest BCUT2D eigenvalue weighted by molar-refractivity contribution is -0.140. The maximum absolute atomic E-state index is 12.9. The molecule has 0 radical (unpaired) electrons. The molecule has 26 heavy (non-hydrogen) atoms. The minimum absolute atomic E-state index is 0.0805. The van der Waals surface area contributed by atoms with Gasteiger partial charge in [-0.2, -0.15) is 0 Å². The normalized spacial score (nSPS) is 25.5. The van der Waals surface area contributed by atoms with Gasteiger partial charge in [0.15, 0.2) is 0 Å². The molecule has 1 N–H and O–H groups in total. The van der Waals surface area contributed by atoms with Gasteiger partial charge in [-0.05, 0) is 36.5 Å². The molecule has 7 heteroatoms. The van der Waals surface area contributed by atoms with E-state index in [-0.39, 0.29) is 24.3 Å². The Morgan fingerprint density at radius 3 is 2.85 bits per heavy atom. The zero-order valence-corrected chi connectivity index (χ0v) is 15.9. The van der Waals surface area contributed by atoms with Crippen LogP contribution in [0.25, 0.3) is 0 Å². The van der Waals surface area contributed by atoms with Gasteiger partial charge in [0.2, 0.25) is 5.91 Å². The van der Waals surface area contributed by atoms with Crippen LogP contribution < -0.4 is 5.32 Å². The molecule has 1 saturated heterocycles. The largest absolute Gasteiger partial charge is 0.340 e. The van der Waals surface area contributed by atoms with Crippen LogP contribution in [0.2, 0.25) is 5.02 Å². The Bertz CT molecular complexity index is 738. The fourth-order valence-electron chi connectivity index (χ4n) is 3.89. The molecule has 2 aliphatic rings. The van der Waals surface area contributed by atoms with Crippen LogP contribution >= 0.6 is 11.6 Å². The number of hydrogen-bond donors (Lipinski definition) is 1. The van der Waals surface area contributed by atoms with Crippen molar-refractivity contribution in [1.29, 1.82) is 0 Å². The van der Waals surface area contributed by atoms with Gasteiger partial charge in [-0.15, -0.1) is 0 Å². The Hall–Kier alpha value is -2.08. The van der Waals surface area contributed by atoms with Crippen LogP contribution in [0.5, 0.6) is 0 Å². The van der Waals surface area contributed by atoms with Crippen LogP contribution in [-0.2, 0) is 16.1 Å². The van der Waals surface area contributed by atoms with E-state index in [9.17, 15) is 14.4 Å². The fourth-order valence-corrected chi connectivity index (χ4v) is 4.11. The topological polar surface area (TPSA) is 69.7 Å². The number of imide groups is 1. The summed E-state index contributed by atoms with van der Waals surface area (Å²) in [7, 11) is 1.65. The van der Waals surface area contributed by atoms with E-state index in [4.69, 9.17) is 11.6 Å². The number of urea groups is 1. The number of nitrogens with one attached hydrogen (secondary N) is 1. The van der Waals surface area contributed by atoms with E-state index in [1.807, 2.05) is 19.1 Å². The molecule has 140 valence electrons. The van der Waals surface area contributed by atoms with Gasteiger partial charge in [-0.1, -0.05) is 43.5 Å². The fraction of sp³-hybridized carbons (Fsp3) is 0.526. The average Bonchev–Trinajstić information content (AvgIpc) is 2.82. The van der Waals surface area contributed by atoms with Gasteiger partial charge in [0.1, 0.15) is 12.1 Å². The Morgan fingerprint density at radius 2 is 2.15 bits per heavy atom. The van der Waals surface area contributed by atoms with Gasteiger partial charge in [-0.3, -0.25) is 14.5 Å². The number of halogens is 1. The monoisotopic (exact) mass is 377 g/mol. The number of amides is 4. The number of likely N-dealkylation sites (N-methyl/N-ethyl adjacent to an activating group) is 1. The van der Waals surface area contributed by atoms with Crippen LogP contribution in [0, 0.1) is 5.92 Å². The molecule has 2 atom stereocenters. The minimum atomic E-state index is -0.832. The zero-order valence-electron chi connectivity index (χ0n) is 15.1. The zero-order chi connectivity index (χ0) is 18.9. The first kappa shape index (κ1) is 18.7. The molecule has 4 amide bonds. The first-order valence-electron chi connectivity index (χ1n) is 8.96. The predicted octanol–water partition coefficient (Wildman–Crippen LogP) is 2.80. The molecule has 1 spiro atoms. The number of nitrogens with zero attached hydrogens (tertiary/aromatic N) is 2. The number of carbonyl (C=O) groups is 3. The van der Waals surface area contributed by atoms with Crippen molar-refractivity contribution in [3.8, 4) is 0 Å². The van der Waals surface area contributed by atoms with Crippen LogP contribution in [-0.4, -0.2) is 46.8 Å². The highest BCUT2D eigenvalue weighted by molar-refractivity contribution is 6.30. The standard InChI is InChI=1S/C19H24ClN3O3/c1-13-6-3-4-9-19(13)17(25)23(18(26)21-19)12-16(24)22(2)11-14-7-5-8-15(20)10-14/h5,7-8,10,13H,3-4,6,9,11-12H2,1-2H3,(H,21,26)/t13-,19-/m1/s1. The quantitative estimate of drug-likeness (QED) is 0.820. The van der Waals surface area contributed by atoms with E-state index in [1.165, 1.54) is 4.90 Å². The Kier molecular flexibility index (Phi) is 5.23. The first-order chi connectivity index (χ1) is 12.3. The van der Waals surface area contributed by atoms with E-state index >= 15 is 0 Å². The molecule has 1 aliphatic carbocycles. The van der Waals surface area contributed by atoms with Crippen molar-refractivity contribution in [3.05, 3.63) is 34.9 Å². The van der Waals surface area contributed by atoms with Crippen molar-refractivity contribution in [3.63, 3.8) is 0 Å². The second-order valence-electron chi connectivity index (χ2n) is 7.32. The van der Waals surface area contributed by atoms with Crippen molar-refractivity contribution in [2.24, 2.45) is 5.92 Å². The molecule has 0 bridgehead atoms. The highest BCUT2D eigenvalue weighted by atomic mass is 35.5. The highest BCUT2D eigenvalue weighted by Crippen LogP contribution is 2.38. The van der Waals surface area contributed by atoms with Crippen LogP contribution in [0.15, 0.2) is 24.3 Å². The summed E-state index contributed by atoms with van der Waals surface area (Å²) in [6.07, 6.45) is 3.52. The van der Waals surface area contributed by atoms with Gasteiger partial charge >= 0.3 is 6.03 Å². The Labute approximate surface area is 158 Å². The lowest BCUT2D eigenvalue weighted by atomic mass is 9.73. The van der Waals surface area contributed by atoms with Gasteiger partial charge in [0.05, 0.1) is 0 Å². The summed E-state index contributed by atoms with van der Waals surface area (Å²) in [4.78, 5) is 40.4. The van der Waals surface area contributed by atoms with E-state index in [0.717, 1.165) is 29.7 Å². The van der Waals surface area contributed by atoms with E-state index < -0.39 is 11.6 Å². The van der Waals surface area contributed by atoms with Crippen molar-refractivity contribution < 1.29 is 14.4 Å². The van der Waals surface area contributed by atoms with Gasteiger partial charge in [-0.25, -0.2) is 4.79 Å². The molecule has 0 unspecified atom stereocenters. The third kappa shape index (κ3) is 3.43. The van der Waals surface area contributed by atoms with Crippen LogP contribution in [0.3, 0.4) is 0 Å². The maximum Gasteiger partial charge on any atom is 0.325 e. The average molecular weight is 378 g/mol. The molecule has 6 nitrogen and oxygen atoms in total. The number of hydrogen-bond acceptors (Lipinski definition) is 3. The summed E-state index contributed by atoms with van der Waals surface area (Å²) in [6, 6.07) is 6.79. The second-order valence-corrected chi connectivity index (χ2v) is 7.76.